The Hall–Kier alpha value is -1.13. The quantitative estimate of drug-likeness (QED) is 0.843. The van der Waals surface area contributed by atoms with Gasteiger partial charge in [-0.3, -0.25) is 4.79 Å². The summed E-state index contributed by atoms with van der Waals surface area (Å²) in [4.78, 5) is 16.2. The first kappa shape index (κ1) is 13.8. The Labute approximate surface area is 124 Å². The maximum absolute atomic E-state index is 12.2. The van der Waals surface area contributed by atoms with E-state index in [1.807, 2.05) is 13.0 Å². The van der Waals surface area contributed by atoms with Crippen LogP contribution in [0.15, 0.2) is 12.3 Å². The SMILES string of the molecule is Cc1ccnc(Cl)c1NC(=O)CC1CC2CCC(C1)N2. The van der Waals surface area contributed by atoms with Crippen LogP contribution in [0.5, 0.6) is 0 Å². The fourth-order valence-electron chi connectivity index (χ4n) is 3.47. The fraction of sp³-hybridized carbons (Fsp3) is 0.600. The third-order valence-corrected chi connectivity index (χ3v) is 4.71. The molecule has 3 rings (SSSR count). The van der Waals surface area contributed by atoms with Gasteiger partial charge in [0.05, 0.1) is 5.69 Å². The summed E-state index contributed by atoms with van der Waals surface area (Å²) in [5, 5.41) is 6.89. The number of aryl methyl sites for hydroxylation is 1. The number of halogens is 1. The van der Waals surface area contributed by atoms with Gasteiger partial charge in [0.1, 0.15) is 0 Å². The predicted octanol–water partition coefficient (Wildman–Crippen LogP) is 2.90. The van der Waals surface area contributed by atoms with Gasteiger partial charge < -0.3 is 10.6 Å². The average molecular weight is 294 g/mol. The number of amides is 1. The second-order valence-corrected chi connectivity index (χ2v) is 6.38. The van der Waals surface area contributed by atoms with Crippen LogP contribution in [0.25, 0.3) is 0 Å². The summed E-state index contributed by atoms with van der Waals surface area (Å²) in [5.74, 6) is 0.541. The third kappa shape index (κ3) is 2.96. The zero-order valence-corrected chi connectivity index (χ0v) is 12.4. The monoisotopic (exact) mass is 293 g/mol. The molecule has 0 saturated carbocycles. The molecule has 2 unspecified atom stereocenters. The summed E-state index contributed by atoms with van der Waals surface area (Å²) in [6, 6.07) is 3.09. The third-order valence-electron chi connectivity index (χ3n) is 4.42. The first-order valence-electron chi connectivity index (χ1n) is 7.29. The molecule has 5 heteroatoms. The molecule has 20 heavy (non-hydrogen) atoms. The lowest BCUT2D eigenvalue weighted by Crippen LogP contribution is -2.39. The van der Waals surface area contributed by atoms with E-state index in [0.29, 0.717) is 35.3 Å². The second kappa shape index (κ2) is 5.70. The number of aromatic nitrogens is 1. The average Bonchev–Trinajstić information content (AvgIpc) is 2.73. The maximum Gasteiger partial charge on any atom is 0.224 e. The van der Waals surface area contributed by atoms with Crippen LogP contribution in [0, 0.1) is 12.8 Å². The molecule has 2 bridgehead atoms. The fourth-order valence-corrected chi connectivity index (χ4v) is 3.72. The van der Waals surface area contributed by atoms with E-state index >= 15 is 0 Å². The lowest BCUT2D eigenvalue weighted by molar-refractivity contribution is -0.117. The number of fused-ring (bicyclic) bond motifs is 2. The van der Waals surface area contributed by atoms with E-state index in [1.165, 1.54) is 12.8 Å². The topological polar surface area (TPSA) is 54.0 Å². The van der Waals surface area contributed by atoms with Crippen LogP contribution < -0.4 is 10.6 Å². The number of hydrogen-bond acceptors (Lipinski definition) is 3. The molecule has 2 atom stereocenters. The van der Waals surface area contributed by atoms with E-state index in [9.17, 15) is 4.79 Å². The summed E-state index contributed by atoms with van der Waals surface area (Å²) in [7, 11) is 0. The standard InChI is InChI=1S/C15H20ClN3O/c1-9-4-5-17-15(16)14(9)19-13(20)8-10-6-11-2-3-12(7-10)18-11/h4-5,10-12,18H,2-3,6-8H2,1H3,(H,19,20). The largest absolute Gasteiger partial charge is 0.323 e. The van der Waals surface area contributed by atoms with E-state index in [-0.39, 0.29) is 5.91 Å². The zero-order valence-electron chi connectivity index (χ0n) is 11.7. The van der Waals surface area contributed by atoms with Crippen molar-refractivity contribution in [3.05, 3.63) is 23.0 Å². The van der Waals surface area contributed by atoms with Crippen LogP contribution in [-0.4, -0.2) is 23.0 Å². The number of anilines is 1. The molecule has 108 valence electrons. The molecule has 2 aliphatic heterocycles. The highest BCUT2D eigenvalue weighted by Crippen LogP contribution is 2.33. The zero-order chi connectivity index (χ0) is 14.1. The lowest BCUT2D eigenvalue weighted by atomic mass is 9.89. The van der Waals surface area contributed by atoms with E-state index in [0.717, 1.165) is 18.4 Å². The molecule has 4 nitrogen and oxygen atoms in total. The maximum atomic E-state index is 12.2. The predicted molar refractivity (Wildman–Crippen MR) is 79.9 cm³/mol. The highest BCUT2D eigenvalue weighted by Gasteiger charge is 2.34. The molecule has 2 saturated heterocycles. The van der Waals surface area contributed by atoms with Gasteiger partial charge in [-0.2, -0.15) is 0 Å². The lowest BCUT2D eigenvalue weighted by Gasteiger charge is -2.28. The van der Waals surface area contributed by atoms with Crippen molar-refractivity contribution in [2.45, 2.75) is 51.1 Å². The molecule has 0 radical (unpaired) electrons. The Kier molecular flexibility index (Phi) is 3.94. The number of pyridine rings is 1. The van der Waals surface area contributed by atoms with Crippen LogP contribution in [0.1, 0.15) is 37.7 Å². The molecule has 2 N–H and O–H groups in total. The summed E-state index contributed by atoms with van der Waals surface area (Å²) >= 11 is 6.04. The Morgan fingerprint density at radius 1 is 1.45 bits per heavy atom. The number of hydrogen-bond donors (Lipinski definition) is 2. The Morgan fingerprint density at radius 2 is 2.15 bits per heavy atom. The molecular formula is C15H20ClN3O. The molecule has 2 fully saturated rings. The van der Waals surface area contributed by atoms with Gasteiger partial charge in [0.2, 0.25) is 5.91 Å². The highest BCUT2D eigenvalue weighted by atomic mass is 35.5. The van der Waals surface area contributed by atoms with Gasteiger partial charge in [0.25, 0.3) is 0 Å². The first-order chi connectivity index (χ1) is 9.61. The number of piperidine rings is 1. The second-order valence-electron chi connectivity index (χ2n) is 6.02. The minimum Gasteiger partial charge on any atom is -0.323 e. The van der Waals surface area contributed by atoms with Crippen LogP contribution in [0.2, 0.25) is 5.15 Å². The summed E-state index contributed by atoms with van der Waals surface area (Å²) in [6.07, 6.45) is 6.98. The van der Waals surface area contributed by atoms with Crippen molar-refractivity contribution in [3.8, 4) is 0 Å². The van der Waals surface area contributed by atoms with Crippen LogP contribution in [-0.2, 0) is 4.79 Å². The van der Waals surface area contributed by atoms with Gasteiger partial charge in [-0.25, -0.2) is 4.98 Å². The van der Waals surface area contributed by atoms with Crippen molar-refractivity contribution in [3.63, 3.8) is 0 Å². The molecule has 0 spiro atoms. The number of nitrogens with one attached hydrogen (secondary N) is 2. The van der Waals surface area contributed by atoms with Gasteiger partial charge in [-0.05, 0) is 50.2 Å². The summed E-state index contributed by atoms with van der Waals surface area (Å²) < 4.78 is 0. The molecule has 2 aliphatic rings. The van der Waals surface area contributed by atoms with Crippen LogP contribution in [0.3, 0.4) is 0 Å². The Balaban J connectivity index is 1.60. The van der Waals surface area contributed by atoms with E-state index in [2.05, 4.69) is 15.6 Å². The summed E-state index contributed by atoms with van der Waals surface area (Å²) in [6.45, 7) is 1.92. The molecule has 1 amide bonds. The number of carbonyl (C=O) groups excluding carboxylic acids is 1. The van der Waals surface area contributed by atoms with Gasteiger partial charge in [0.15, 0.2) is 5.15 Å². The molecule has 1 aromatic heterocycles. The molecule has 1 aromatic rings. The van der Waals surface area contributed by atoms with Crippen molar-refractivity contribution in [1.29, 1.82) is 0 Å². The van der Waals surface area contributed by atoms with Gasteiger partial charge in [-0.15, -0.1) is 0 Å². The van der Waals surface area contributed by atoms with Crippen molar-refractivity contribution in [2.24, 2.45) is 5.92 Å². The molecule has 3 heterocycles. The van der Waals surface area contributed by atoms with E-state index < -0.39 is 0 Å². The Morgan fingerprint density at radius 3 is 2.80 bits per heavy atom. The molecule has 0 aliphatic carbocycles. The van der Waals surface area contributed by atoms with Crippen molar-refractivity contribution >= 4 is 23.2 Å². The molecular weight excluding hydrogens is 274 g/mol. The number of carbonyl (C=O) groups is 1. The highest BCUT2D eigenvalue weighted by molar-refractivity contribution is 6.32. The molecule has 0 aromatic carbocycles. The number of nitrogens with zero attached hydrogens (tertiary/aromatic N) is 1. The minimum absolute atomic E-state index is 0.0503. The van der Waals surface area contributed by atoms with Gasteiger partial charge in [-0.1, -0.05) is 11.6 Å². The van der Waals surface area contributed by atoms with Crippen LogP contribution in [0.4, 0.5) is 5.69 Å². The van der Waals surface area contributed by atoms with Crippen molar-refractivity contribution in [1.82, 2.24) is 10.3 Å². The normalized spacial score (nSPS) is 28.4. The van der Waals surface area contributed by atoms with Gasteiger partial charge in [0, 0.05) is 24.7 Å². The minimum atomic E-state index is 0.0503. The van der Waals surface area contributed by atoms with Crippen molar-refractivity contribution in [2.75, 3.05) is 5.32 Å². The van der Waals surface area contributed by atoms with E-state index in [1.54, 1.807) is 6.20 Å². The van der Waals surface area contributed by atoms with Crippen LogP contribution >= 0.6 is 11.6 Å². The summed E-state index contributed by atoms with van der Waals surface area (Å²) in [5.41, 5.74) is 1.60. The van der Waals surface area contributed by atoms with E-state index in [4.69, 9.17) is 11.6 Å². The first-order valence-corrected chi connectivity index (χ1v) is 7.66. The van der Waals surface area contributed by atoms with Crippen molar-refractivity contribution < 1.29 is 4.79 Å². The van der Waals surface area contributed by atoms with Gasteiger partial charge >= 0.3 is 0 Å². The number of rotatable bonds is 3. The smallest absolute Gasteiger partial charge is 0.224 e. The Bertz CT molecular complexity index is 488.